The Morgan fingerprint density at radius 3 is 2.58 bits per heavy atom. The number of aromatic nitrogens is 2. The highest BCUT2D eigenvalue weighted by Gasteiger charge is 2.25. The second-order valence-corrected chi connectivity index (χ2v) is 5.97. The molecule has 4 nitrogen and oxygen atoms in total. The average molecular weight is 355 g/mol. The van der Waals surface area contributed by atoms with Gasteiger partial charge in [0.05, 0.1) is 12.2 Å². The van der Waals surface area contributed by atoms with Gasteiger partial charge < -0.3 is 4.74 Å². The molecule has 1 aliphatic rings. The molecular formula is C17H17ClF2N2O2. The van der Waals surface area contributed by atoms with Crippen LogP contribution in [0.2, 0.25) is 5.15 Å². The highest BCUT2D eigenvalue weighted by Crippen LogP contribution is 2.33. The molecule has 1 aliphatic heterocycles. The van der Waals surface area contributed by atoms with Crippen LogP contribution < -0.4 is 10.3 Å². The van der Waals surface area contributed by atoms with E-state index < -0.39 is 11.6 Å². The lowest BCUT2D eigenvalue weighted by Gasteiger charge is -2.17. The Morgan fingerprint density at radius 1 is 1.21 bits per heavy atom. The van der Waals surface area contributed by atoms with Gasteiger partial charge in [-0.25, -0.2) is 13.5 Å². The minimum Gasteiger partial charge on any atom is -0.490 e. The van der Waals surface area contributed by atoms with Crippen molar-refractivity contribution in [2.24, 2.45) is 0 Å². The molecule has 24 heavy (non-hydrogen) atoms. The topological polar surface area (TPSA) is 36.2 Å². The van der Waals surface area contributed by atoms with E-state index in [0.29, 0.717) is 19.5 Å². The summed E-state index contributed by atoms with van der Waals surface area (Å²) in [7, 11) is 0. The van der Waals surface area contributed by atoms with E-state index in [1.165, 1.54) is 10.7 Å². The normalized spacial score (nSPS) is 13.6. The van der Waals surface area contributed by atoms with Gasteiger partial charge in [-0.15, -0.1) is 6.58 Å². The molecule has 0 spiro atoms. The number of ether oxygens (including phenoxy) is 1. The molecule has 7 heteroatoms. The SMILES string of the molecule is C=CCCOc1cc(-c2c(Cl)n3n(c2=O)CCCC3)c(F)cc1F. The van der Waals surface area contributed by atoms with E-state index >= 15 is 0 Å². The van der Waals surface area contributed by atoms with Crippen LogP contribution in [0.25, 0.3) is 11.1 Å². The van der Waals surface area contributed by atoms with E-state index in [-0.39, 0.29) is 34.2 Å². The second kappa shape index (κ2) is 6.81. The van der Waals surface area contributed by atoms with Crippen molar-refractivity contribution in [1.82, 2.24) is 9.36 Å². The summed E-state index contributed by atoms with van der Waals surface area (Å²) in [6.07, 6.45) is 3.92. The molecule has 0 amide bonds. The number of benzene rings is 1. The summed E-state index contributed by atoms with van der Waals surface area (Å²) in [5.41, 5.74) is -0.374. The summed E-state index contributed by atoms with van der Waals surface area (Å²) in [4.78, 5) is 12.6. The van der Waals surface area contributed by atoms with E-state index in [1.54, 1.807) is 10.8 Å². The fourth-order valence-electron chi connectivity index (χ4n) is 2.84. The number of rotatable bonds is 5. The summed E-state index contributed by atoms with van der Waals surface area (Å²) < 4.78 is 36.6. The van der Waals surface area contributed by atoms with Gasteiger partial charge in [0.2, 0.25) is 0 Å². The van der Waals surface area contributed by atoms with Crippen molar-refractivity contribution >= 4 is 11.6 Å². The minimum absolute atomic E-state index is 0.0460. The second-order valence-electron chi connectivity index (χ2n) is 5.61. The quantitative estimate of drug-likeness (QED) is 0.601. The third-order valence-electron chi connectivity index (χ3n) is 4.03. The van der Waals surface area contributed by atoms with E-state index in [9.17, 15) is 13.6 Å². The fourth-order valence-corrected chi connectivity index (χ4v) is 3.19. The predicted octanol–water partition coefficient (Wildman–Crippen LogP) is 4.00. The Kier molecular flexibility index (Phi) is 4.76. The number of hydrogen-bond donors (Lipinski definition) is 0. The minimum atomic E-state index is -0.842. The molecule has 0 atom stereocenters. The first-order valence-electron chi connectivity index (χ1n) is 7.76. The van der Waals surface area contributed by atoms with Crippen molar-refractivity contribution < 1.29 is 13.5 Å². The summed E-state index contributed by atoms with van der Waals surface area (Å²) in [5, 5.41) is 0.169. The van der Waals surface area contributed by atoms with E-state index in [2.05, 4.69) is 6.58 Å². The van der Waals surface area contributed by atoms with Crippen molar-refractivity contribution in [1.29, 1.82) is 0 Å². The molecular weight excluding hydrogens is 338 g/mol. The van der Waals surface area contributed by atoms with Crippen LogP contribution >= 0.6 is 11.6 Å². The Balaban J connectivity index is 2.09. The zero-order valence-corrected chi connectivity index (χ0v) is 13.8. The molecule has 0 bridgehead atoms. The van der Waals surface area contributed by atoms with Crippen molar-refractivity contribution in [3.05, 3.63) is 51.9 Å². The van der Waals surface area contributed by atoms with Gasteiger partial charge in [0.15, 0.2) is 11.6 Å². The molecule has 0 N–H and O–H groups in total. The van der Waals surface area contributed by atoms with Gasteiger partial charge in [-0.05, 0) is 25.3 Å². The highest BCUT2D eigenvalue weighted by atomic mass is 35.5. The van der Waals surface area contributed by atoms with Gasteiger partial charge in [-0.2, -0.15) is 0 Å². The first-order valence-corrected chi connectivity index (χ1v) is 8.14. The van der Waals surface area contributed by atoms with Crippen molar-refractivity contribution in [2.45, 2.75) is 32.4 Å². The first kappa shape index (κ1) is 16.8. The fraction of sp³-hybridized carbons (Fsp3) is 0.353. The van der Waals surface area contributed by atoms with Crippen LogP contribution in [0.4, 0.5) is 8.78 Å². The summed E-state index contributed by atoms with van der Waals surface area (Å²) >= 11 is 6.30. The van der Waals surface area contributed by atoms with Crippen LogP contribution in [0.1, 0.15) is 19.3 Å². The summed E-state index contributed by atoms with van der Waals surface area (Å²) in [5.74, 6) is -1.77. The summed E-state index contributed by atoms with van der Waals surface area (Å²) in [6, 6.07) is 1.92. The zero-order valence-electron chi connectivity index (χ0n) is 13.0. The van der Waals surface area contributed by atoms with Gasteiger partial charge >= 0.3 is 0 Å². The van der Waals surface area contributed by atoms with Crippen molar-refractivity contribution in [3.63, 3.8) is 0 Å². The van der Waals surface area contributed by atoms with E-state index in [1.807, 2.05) is 0 Å². The van der Waals surface area contributed by atoms with Crippen LogP contribution in [0.15, 0.2) is 29.6 Å². The number of nitrogens with zero attached hydrogens (tertiary/aromatic N) is 2. The van der Waals surface area contributed by atoms with Gasteiger partial charge in [0.1, 0.15) is 11.0 Å². The smallest absolute Gasteiger partial charge is 0.276 e. The third-order valence-corrected chi connectivity index (χ3v) is 4.42. The molecule has 128 valence electrons. The maximum Gasteiger partial charge on any atom is 0.276 e. The lowest BCUT2D eigenvalue weighted by molar-refractivity contribution is 0.307. The molecule has 0 saturated heterocycles. The van der Waals surface area contributed by atoms with Crippen LogP contribution in [0.3, 0.4) is 0 Å². The molecule has 3 rings (SSSR count). The van der Waals surface area contributed by atoms with Crippen molar-refractivity contribution in [2.75, 3.05) is 6.61 Å². The molecule has 1 aromatic heterocycles. The largest absolute Gasteiger partial charge is 0.490 e. The molecule has 0 unspecified atom stereocenters. The summed E-state index contributed by atoms with van der Waals surface area (Å²) in [6.45, 7) is 4.90. The molecule has 1 aromatic carbocycles. The maximum absolute atomic E-state index is 14.3. The van der Waals surface area contributed by atoms with Crippen molar-refractivity contribution in [3.8, 4) is 16.9 Å². The molecule has 2 heterocycles. The average Bonchev–Trinajstić information content (AvgIpc) is 2.82. The Labute approximate surface area is 142 Å². The van der Waals surface area contributed by atoms with Crippen LogP contribution in [-0.4, -0.2) is 16.0 Å². The number of hydrogen-bond acceptors (Lipinski definition) is 2. The monoisotopic (exact) mass is 354 g/mol. The predicted molar refractivity (Wildman–Crippen MR) is 88.6 cm³/mol. The van der Waals surface area contributed by atoms with Crippen LogP contribution in [-0.2, 0) is 13.1 Å². The third kappa shape index (κ3) is 2.86. The lowest BCUT2D eigenvalue weighted by atomic mass is 10.1. The standard InChI is InChI=1S/C17H17ClF2N2O2/c1-2-3-8-24-14-9-11(12(19)10-13(14)20)15-16(18)21-6-4-5-7-22(21)17(15)23/h2,9-10H,1,3-8H2. The van der Waals surface area contributed by atoms with Gasteiger partial charge in [0.25, 0.3) is 5.56 Å². The molecule has 2 aromatic rings. The maximum atomic E-state index is 14.3. The molecule has 0 radical (unpaired) electrons. The lowest BCUT2D eigenvalue weighted by Crippen LogP contribution is -2.27. The highest BCUT2D eigenvalue weighted by molar-refractivity contribution is 6.32. The van der Waals surface area contributed by atoms with Crippen LogP contribution in [0.5, 0.6) is 5.75 Å². The van der Waals surface area contributed by atoms with Gasteiger partial charge in [-0.3, -0.25) is 9.48 Å². The zero-order chi connectivity index (χ0) is 17.3. The number of halogens is 3. The van der Waals surface area contributed by atoms with E-state index in [0.717, 1.165) is 18.9 Å². The van der Waals surface area contributed by atoms with Gasteiger partial charge in [0, 0.05) is 24.7 Å². The van der Waals surface area contributed by atoms with Gasteiger partial charge in [-0.1, -0.05) is 17.7 Å². The Morgan fingerprint density at radius 2 is 1.92 bits per heavy atom. The molecule has 0 fully saturated rings. The Bertz CT molecular complexity index is 842. The van der Waals surface area contributed by atoms with Crippen LogP contribution in [0, 0.1) is 11.6 Å². The number of fused-ring (bicyclic) bond motifs is 1. The van der Waals surface area contributed by atoms with E-state index in [4.69, 9.17) is 16.3 Å². The molecule has 0 aliphatic carbocycles. The molecule has 0 saturated carbocycles. The Hall–Kier alpha value is -2.08. The first-order chi connectivity index (χ1) is 11.5.